The molecule has 0 atom stereocenters. The molecule has 2 rings (SSSR count). The maximum atomic E-state index is 13.9. The third-order valence-corrected chi connectivity index (χ3v) is 3.85. The van der Waals surface area contributed by atoms with Gasteiger partial charge in [-0.3, -0.25) is 9.82 Å². The predicted molar refractivity (Wildman–Crippen MR) is 68.9 cm³/mol. The van der Waals surface area contributed by atoms with Crippen molar-refractivity contribution in [2.24, 2.45) is 0 Å². The standard InChI is InChI=1S/C11H12FN3O4S/c1-18-8-5-7(12)10(6-9(8)19-2)20(16,17)15-11-3-4-13-14-11/h3-6H,1-2H3,(H2,13,14,15). The van der Waals surface area contributed by atoms with E-state index in [1.807, 2.05) is 0 Å². The molecule has 0 radical (unpaired) electrons. The topological polar surface area (TPSA) is 93.3 Å². The Morgan fingerprint density at radius 1 is 1.25 bits per heavy atom. The first kappa shape index (κ1) is 14.1. The number of aromatic amines is 1. The number of sulfonamides is 1. The summed E-state index contributed by atoms with van der Waals surface area (Å²) in [6, 6.07) is 3.39. The van der Waals surface area contributed by atoms with Gasteiger partial charge in [-0.1, -0.05) is 0 Å². The van der Waals surface area contributed by atoms with Crippen molar-refractivity contribution in [1.29, 1.82) is 0 Å². The molecule has 9 heteroatoms. The summed E-state index contributed by atoms with van der Waals surface area (Å²) >= 11 is 0. The van der Waals surface area contributed by atoms with Crippen LogP contribution in [0.25, 0.3) is 0 Å². The summed E-state index contributed by atoms with van der Waals surface area (Å²) in [5.41, 5.74) is 0. The Labute approximate surface area is 114 Å². The van der Waals surface area contributed by atoms with Gasteiger partial charge < -0.3 is 9.47 Å². The van der Waals surface area contributed by atoms with Crippen LogP contribution in [0, 0.1) is 5.82 Å². The summed E-state index contributed by atoms with van der Waals surface area (Å²) in [6.07, 6.45) is 1.36. The number of H-pyrrole nitrogens is 1. The summed E-state index contributed by atoms with van der Waals surface area (Å²) in [5, 5.41) is 6.01. The van der Waals surface area contributed by atoms with Gasteiger partial charge in [0.1, 0.15) is 16.5 Å². The number of nitrogens with zero attached hydrogens (tertiary/aromatic N) is 1. The van der Waals surface area contributed by atoms with E-state index in [0.29, 0.717) is 0 Å². The van der Waals surface area contributed by atoms with Gasteiger partial charge in [0.25, 0.3) is 10.0 Å². The molecular formula is C11H12FN3O4S. The lowest BCUT2D eigenvalue weighted by Gasteiger charge is -2.11. The molecule has 1 aromatic heterocycles. The minimum Gasteiger partial charge on any atom is -0.493 e. The van der Waals surface area contributed by atoms with Crippen molar-refractivity contribution in [3.63, 3.8) is 0 Å². The van der Waals surface area contributed by atoms with Crippen molar-refractivity contribution in [3.05, 3.63) is 30.2 Å². The van der Waals surface area contributed by atoms with Gasteiger partial charge in [0.05, 0.1) is 20.4 Å². The Morgan fingerprint density at radius 2 is 1.90 bits per heavy atom. The summed E-state index contributed by atoms with van der Waals surface area (Å²) in [5.74, 6) is -0.613. The van der Waals surface area contributed by atoms with E-state index >= 15 is 0 Å². The molecule has 0 spiro atoms. The highest BCUT2D eigenvalue weighted by molar-refractivity contribution is 7.92. The molecule has 0 unspecified atom stereocenters. The number of nitrogens with one attached hydrogen (secondary N) is 2. The Balaban J connectivity index is 2.46. The molecule has 0 saturated carbocycles. The van der Waals surface area contributed by atoms with E-state index in [0.717, 1.165) is 12.1 Å². The Bertz CT molecular complexity index is 701. The molecule has 0 fully saturated rings. The molecule has 1 heterocycles. The second kappa shape index (κ2) is 5.37. The molecule has 2 N–H and O–H groups in total. The predicted octanol–water partition coefficient (Wildman–Crippen LogP) is 1.37. The highest BCUT2D eigenvalue weighted by Gasteiger charge is 2.23. The first-order valence-electron chi connectivity index (χ1n) is 5.41. The van der Waals surface area contributed by atoms with Gasteiger partial charge in [-0.05, 0) is 0 Å². The van der Waals surface area contributed by atoms with Crippen LogP contribution in [0.3, 0.4) is 0 Å². The van der Waals surface area contributed by atoms with Gasteiger partial charge in [0, 0.05) is 18.2 Å². The highest BCUT2D eigenvalue weighted by Crippen LogP contribution is 2.32. The first-order chi connectivity index (χ1) is 9.47. The molecule has 1 aromatic carbocycles. The third-order valence-electron chi connectivity index (χ3n) is 2.47. The van der Waals surface area contributed by atoms with Crippen LogP contribution < -0.4 is 14.2 Å². The number of methoxy groups -OCH3 is 2. The Hall–Kier alpha value is -2.29. The van der Waals surface area contributed by atoms with E-state index in [2.05, 4.69) is 14.9 Å². The van der Waals surface area contributed by atoms with Crippen LogP contribution in [0.2, 0.25) is 0 Å². The first-order valence-corrected chi connectivity index (χ1v) is 6.90. The summed E-state index contributed by atoms with van der Waals surface area (Å²) in [7, 11) is -1.45. The second-order valence-corrected chi connectivity index (χ2v) is 5.36. The highest BCUT2D eigenvalue weighted by atomic mass is 32.2. The quantitative estimate of drug-likeness (QED) is 0.870. The van der Waals surface area contributed by atoms with Crippen LogP contribution in [0.4, 0.5) is 10.2 Å². The van der Waals surface area contributed by atoms with E-state index in [1.54, 1.807) is 0 Å². The zero-order valence-electron chi connectivity index (χ0n) is 10.7. The molecule has 0 saturated heterocycles. The molecular weight excluding hydrogens is 289 g/mol. The maximum absolute atomic E-state index is 13.9. The third kappa shape index (κ3) is 2.67. The lowest BCUT2D eigenvalue weighted by atomic mass is 10.3. The van der Waals surface area contributed by atoms with Gasteiger partial charge in [0.15, 0.2) is 11.5 Å². The van der Waals surface area contributed by atoms with Crippen molar-refractivity contribution in [2.45, 2.75) is 4.90 Å². The number of aromatic nitrogens is 2. The number of rotatable bonds is 5. The number of benzene rings is 1. The van der Waals surface area contributed by atoms with Crippen LogP contribution in [0.15, 0.2) is 29.3 Å². The number of ether oxygens (including phenoxy) is 2. The smallest absolute Gasteiger partial charge is 0.266 e. The molecule has 0 amide bonds. The van der Waals surface area contributed by atoms with Crippen LogP contribution in [0.5, 0.6) is 11.5 Å². The summed E-state index contributed by atoms with van der Waals surface area (Å²) < 4.78 is 50.1. The van der Waals surface area contributed by atoms with Crippen LogP contribution in [-0.2, 0) is 10.0 Å². The zero-order chi connectivity index (χ0) is 14.8. The normalized spacial score (nSPS) is 11.2. The number of anilines is 1. The van der Waals surface area contributed by atoms with Gasteiger partial charge in [-0.15, -0.1) is 0 Å². The monoisotopic (exact) mass is 301 g/mol. The Kier molecular flexibility index (Phi) is 3.79. The molecule has 20 heavy (non-hydrogen) atoms. The van der Waals surface area contributed by atoms with Gasteiger partial charge >= 0.3 is 0 Å². The second-order valence-electron chi connectivity index (χ2n) is 3.71. The van der Waals surface area contributed by atoms with Crippen molar-refractivity contribution in [2.75, 3.05) is 18.9 Å². The summed E-state index contributed by atoms with van der Waals surface area (Å²) in [6.45, 7) is 0. The van der Waals surface area contributed by atoms with Gasteiger partial charge in [-0.2, -0.15) is 5.10 Å². The number of hydrogen-bond acceptors (Lipinski definition) is 5. The van der Waals surface area contributed by atoms with Crippen LogP contribution in [-0.4, -0.2) is 32.8 Å². The zero-order valence-corrected chi connectivity index (χ0v) is 11.5. The fraction of sp³-hybridized carbons (Fsp3) is 0.182. The summed E-state index contributed by atoms with van der Waals surface area (Å²) in [4.78, 5) is -0.551. The minimum atomic E-state index is -4.10. The van der Waals surface area contributed by atoms with E-state index < -0.39 is 20.7 Å². The lowest BCUT2D eigenvalue weighted by molar-refractivity contribution is 0.350. The van der Waals surface area contributed by atoms with E-state index in [1.165, 1.54) is 26.5 Å². The largest absolute Gasteiger partial charge is 0.493 e. The fourth-order valence-corrected chi connectivity index (χ4v) is 2.64. The number of hydrogen-bond donors (Lipinski definition) is 2. The lowest BCUT2D eigenvalue weighted by Crippen LogP contribution is -2.15. The SMILES string of the molecule is COc1cc(F)c(S(=O)(=O)Nc2ccn[nH]2)cc1OC. The van der Waals surface area contributed by atoms with E-state index in [9.17, 15) is 12.8 Å². The van der Waals surface area contributed by atoms with Crippen molar-refractivity contribution in [1.82, 2.24) is 10.2 Å². The average Bonchev–Trinajstić information content (AvgIpc) is 2.90. The van der Waals surface area contributed by atoms with E-state index in [4.69, 9.17) is 9.47 Å². The van der Waals surface area contributed by atoms with E-state index in [-0.39, 0.29) is 17.3 Å². The average molecular weight is 301 g/mol. The molecule has 0 aliphatic carbocycles. The van der Waals surface area contributed by atoms with Crippen molar-refractivity contribution < 1.29 is 22.3 Å². The number of halogens is 1. The maximum Gasteiger partial charge on any atom is 0.266 e. The molecule has 0 bridgehead atoms. The Morgan fingerprint density at radius 3 is 2.45 bits per heavy atom. The van der Waals surface area contributed by atoms with Crippen LogP contribution >= 0.6 is 0 Å². The minimum absolute atomic E-state index is 0.102. The van der Waals surface area contributed by atoms with Crippen LogP contribution in [0.1, 0.15) is 0 Å². The van der Waals surface area contributed by atoms with Crippen molar-refractivity contribution >= 4 is 15.8 Å². The van der Waals surface area contributed by atoms with Gasteiger partial charge in [0.2, 0.25) is 0 Å². The fourth-order valence-electron chi connectivity index (χ4n) is 1.55. The van der Waals surface area contributed by atoms with Gasteiger partial charge in [-0.25, -0.2) is 12.8 Å². The molecule has 0 aliphatic heterocycles. The molecule has 0 aliphatic rings. The molecule has 2 aromatic rings. The van der Waals surface area contributed by atoms with Crippen molar-refractivity contribution in [3.8, 4) is 11.5 Å². The molecule has 108 valence electrons. The molecule has 7 nitrogen and oxygen atoms in total.